The van der Waals surface area contributed by atoms with Crippen molar-refractivity contribution in [3.05, 3.63) is 29.8 Å². The molecule has 2 rings (SSSR count). The van der Waals surface area contributed by atoms with Crippen LogP contribution in [-0.2, 0) is 0 Å². The summed E-state index contributed by atoms with van der Waals surface area (Å²) in [4.78, 5) is 15.3. The fraction of sp³-hybridized carbons (Fsp3) is 0.462. The normalized spacial score (nSPS) is 17.4. The van der Waals surface area contributed by atoms with Crippen LogP contribution in [0.1, 0.15) is 11.7 Å². The molecule has 0 saturated carbocycles. The fourth-order valence-electron chi connectivity index (χ4n) is 2.10. The lowest BCUT2D eigenvalue weighted by molar-refractivity contribution is 0.178. The topological polar surface area (TPSA) is 55.8 Å². The summed E-state index contributed by atoms with van der Waals surface area (Å²) in [5.41, 5.74) is 1.67. The van der Waals surface area contributed by atoms with Crippen LogP contribution in [0.4, 0.5) is 10.5 Å². The lowest BCUT2D eigenvalue weighted by Gasteiger charge is -2.18. The fourth-order valence-corrected chi connectivity index (χ4v) is 2.10. The van der Waals surface area contributed by atoms with Gasteiger partial charge in [0, 0.05) is 32.4 Å². The van der Waals surface area contributed by atoms with Crippen molar-refractivity contribution in [2.24, 2.45) is 0 Å². The molecule has 2 amide bonds. The largest absolute Gasteiger partial charge is 0.387 e. The summed E-state index contributed by atoms with van der Waals surface area (Å²) < 4.78 is 0. The van der Waals surface area contributed by atoms with Gasteiger partial charge in [0.15, 0.2) is 0 Å². The third kappa shape index (κ3) is 2.47. The van der Waals surface area contributed by atoms with E-state index in [1.54, 1.807) is 23.9 Å². The minimum Gasteiger partial charge on any atom is -0.387 e. The van der Waals surface area contributed by atoms with Crippen molar-refractivity contribution in [1.82, 2.24) is 10.2 Å². The molecule has 1 fully saturated rings. The predicted octanol–water partition coefficient (Wildman–Crippen LogP) is 0.811. The smallest absolute Gasteiger partial charge is 0.324 e. The maximum Gasteiger partial charge on any atom is 0.324 e. The van der Waals surface area contributed by atoms with Gasteiger partial charge < -0.3 is 15.3 Å². The van der Waals surface area contributed by atoms with Crippen LogP contribution in [-0.4, -0.2) is 49.8 Å². The highest BCUT2D eigenvalue weighted by molar-refractivity contribution is 5.93. The van der Waals surface area contributed by atoms with Crippen LogP contribution in [0.5, 0.6) is 0 Å². The van der Waals surface area contributed by atoms with E-state index in [9.17, 15) is 9.90 Å². The van der Waals surface area contributed by atoms with E-state index in [1.807, 2.05) is 24.3 Å². The molecule has 1 aliphatic rings. The average Bonchev–Trinajstić information content (AvgIpc) is 2.71. The minimum absolute atomic E-state index is 0.00950. The summed E-state index contributed by atoms with van der Waals surface area (Å²) in [5.74, 6) is 0. The first-order chi connectivity index (χ1) is 8.63. The molecule has 2 N–H and O–H groups in total. The van der Waals surface area contributed by atoms with Gasteiger partial charge in [-0.2, -0.15) is 0 Å². The number of carbonyl (C=O) groups excluding carboxylic acids is 1. The molecule has 0 spiro atoms. The molecule has 0 radical (unpaired) electrons. The molecule has 1 aromatic carbocycles. The maximum absolute atomic E-state index is 11.9. The number of hydrogen-bond acceptors (Lipinski definition) is 3. The maximum atomic E-state index is 11.9. The van der Waals surface area contributed by atoms with Gasteiger partial charge in [-0.3, -0.25) is 4.90 Å². The first-order valence-electron chi connectivity index (χ1n) is 6.08. The monoisotopic (exact) mass is 249 g/mol. The van der Waals surface area contributed by atoms with Crippen LogP contribution in [0.15, 0.2) is 24.3 Å². The second-order valence-corrected chi connectivity index (χ2v) is 4.52. The SMILES string of the molecule is CNCC(O)c1cccc(N2CCN(C)C2=O)c1. The number of hydrogen-bond donors (Lipinski definition) is 2. The van der Waals surface area contributed by atoms with Crippen molar-refractivity contribution in [3.8, 4) is 0 Å². The molecule has 1 aromatic rings. The van der Waals surface area contributed by atoms with Crippen LogP contribution < -0.4 is 10.2 Å². The van der Waals surface area contributed by atoms with Gasteiger partial charge in [0.1, 0.15) is 0 Å². The molecule has 1 aliphatic heterocycles. The first kappa shape index (κ1) is 12.9. The summed E-state index contributed by atoms with van der Waals surface area (Å²) in [6, 6.07) is 7.52. The third-order valence-electron chi connectivity index (χ3n) is 3.18. The van der Waals surface area contributed by atoms with Gasteiger partial charge in [-0.05, 0) is 24.7 Å². The van der Waals surface area contributed by atoms with E-state index in [-0.39, 0.29) is 6.03 Å². The molecule has 5 heteroatoms. The highest BCUT2D eigenvalue weighted by atomic mass is 16.3. The first-order valence-corrected chi connectivity index (χ1v) is 6.08. The average molecular weight is 249 g/mol. The Bertz CT molecular complexity index is 436. The predicted molar refractivity (Wildman–Crippen MR) is 70.7 cm³/mol. The van der Waals surface area contributed by atoms with Gasteiger partial charge in [0.05, 0.1) is 6.10 Å². The highest BCUT2D eigenvalue weighted by Gasteiger charge is 2.26. The van der Waals surface area contributed by atoms with Crippen LogP contribution in [0.25, 0.3) is 0 Å². The minimum atomic E-state index is -0.551. The Morgan fingerprint density at radius 1 is 1.44 bits per heavy atom. The zero-order chi connectivity index (χ0) is 13.1. The molecular weight excluding hydrogens is 230 g/mol. The Labute approximate surface area is 107 Å². The second kappa shape index (κ2) is 5.37. The molecule has 0 bridgehead atoms. The second-order valence-electron chi connectivity index (χ2n) is 4.52. The number of carbonyl (C=O) groups is 1. The molecule has 1 unspecified atom stereocenters. The molecule has 1 saturated heterocycles. The van der Waals surface area contributed by atoms with E-state index >= 15 is 0 Å². The Balaban J connectivity index is 2.19. The molecule has 0 aliphatic carbocycles. The van der Waals surface area contributed by atoms with Crippen molar-refractivity contribution in [1.29, 1.82) is 0 Å². The number of rotatable bonds is 4. The number of aliphatic hydroxyl groups excluding tert-OH is 1. The van der Waals surface area contributed by atoms with E-state index in [1.165, 1.54) is 0 Å². The summed E-state index contributed by atoms with van der Waals surface area (Å²) >= 11 is 0. The Morgan fingerprint density at radius 3 is 2.83 bits per heavy atom. The Kier molecular flexibility index (Phi) is 3.84. The molecule has 98 valence electrons. The number of amides is 2. The number of benzene rings is 1. The lowest BCUT2D eigenvalue weighted by Crippen LogP contribution is -2.29. The van der Waals surface area contributed by atoms with Crippen molar-refractivity contribution in [2.45, 2.75) is 6.10 Å². The van der Waals surface area contributed by atoms with E-state index < -0.39 is 6.10 Å². The lowest BCUT2D eigenvalue weighted by atomic mass is 10.1. The Morgan fingerprint density at radius 2 is 2.22 bits per heavy atom. The molecule has 1 heterocycles. The molecule has 5 nitrogen and oxygen atoms in total. The zero-order valence-corrected chi connectivity index (χ0v) is 10.8. The Hall–Kier alpha value is -1.59. The van der Waals surface area contributed by atoms with Crippen molar-refractivity contribution < 1.29 is 9.90 Å². The van der Waals surface area contributed by atoms with E-state index in [0.29, 0.717) is 13.1 Å². The summed E-state index contributed by atoms with van der Waals surface area (Å²) in [5, 5.41) is 12.9. The van der Waals surface area contributed by atoms with Crippen molar-refractivity contribution in [2.75, 3.05) is 38.6 Å². The quantitative estimate of drug-likeness (QED) is 0.830. The van der Waals surface area contributed by atoms with E-state index in [2.05, 4.69) is 5.32 Å². The van der Waals surface area contributed by atoms with Crippen LogP contribution in [0.2, 0.25) is 0 Å². The number of urea groups is 1. The summed E-state index contributed by atoms with van der Waals surface area (Å²) in [6.45, 7) is 1.93. The van der Waals surface area contributed by atoms with Gasteiger partial charge in [-0.25, -0.2) is 4.79 Å². The van der Waals surface area contributed by atoms with E-state index in [4.69, 9.17) is 0 Å². The molecule has 18 heavy (non-hydrogen) atoms. The van der Waals surface area contributed by atoms with Crippen LogP contribution >= 0.6 is 0 Å². The summed E-state index contributed by atoms with van der Waals surface area (Å²) in [6.07, 6.45) is -0.551. The molecular formula is C13H19N3O2. The highest BCUT2D eigenvalue weighted by Crippen LogP contribution is 2.23. The standard InChI is InChI=1S/C13H19N3O2/c1-14-9-12(17)10-4-3-5-11(8-10)16-7-6-15(2)13(16)18/h3-5,8,12,14,17H,6-7,9H2,1-2H3. The number of nitrogens with zero attached hydrogens (tertiary/aromatic N) is 2. The number of aliphatic hydroxyl groups is 1. The molecule has 0 aromatic heterocycles. The molecule has 1 atom stereocenters. The van der Waals surface area contributed by atoms with Gasteiger partial charge in [-0.15, -0.1) is 0 Å². The van der Waals surface area contributed by atoms with Crippen molar-refractivity contribution in [3.63, 3.8) is 0 Å². The number of likely N-dealkylation sites (N-methyl/N-ethyl adjacent to an activating group) is 2. The van der Waals surface area contributed by atoms with Gasteiger partial charge in [-0.1, -0.05) is 12.1 Å². The van der Waals surface area contributed by atoms with Crippen LogP contribution in [0.3, 0.4) is 0 Å². The van der Waals surface area contributed by atoms with Gasteiger partial charge in [0.2, 0.25) is 0 Å². The third-order valence-corrected chi connectivity index (χ3v) is 3.18. The number of nitrogens with one attached hydrogen (secondary N) is 1. The zero-order valence-electron chi connectivity index (χ0n) is 10.8. The number of anilines is 1. The van der Waals surface area contributed by atoms with E-state index in [0.717, 1.165) is 17.8 Å². The van der Waals surface area contributed by atoms with Gasteiger partial charge >= 0.3 is 6.03 Å². The van der Waals surface area contributed by atoms with Crippen molar-refractivity contribution >= 4 is 11.7 Å². The van der Waals surface area contributed by atoms with Gasteiger partial charge in [0.25, 0.3) is 0 Å². The summed E-state index contributed by atoms with van der Waals surface area (Å²) in [7, 11) is 3.59. The van der Waals surface area contributed by atoms with Crippen LogP contribution in [0, 0.1) is 0 Å².